The van der Waals surface area contributed by atoms with Crippen molar-refractivity contribution in [2.45, 2.75) is 55.8 Å². The molecule has 3 heterocycles. The molecule has 0 bridgehead atoms. The van der Waals surface area contributed by atoms with Crippen LogP contribution < -0.4 is 0 Å². The zero-order chi connectivity index (χ0) is 23.5. The summed E-state index contributed by atoms with van der Waals surface area (Å²) >= 11 is 15.2. The summed E-state index contributed by atoms with van der Waals surface area (Å²) in [7, 11) is 0. The predicted molar refractivity (Wildman–Crippen MR) is 128 cm³/mol. The van der Waals surface area contributed by atoms with Crippen molar-refractivity contribution in [3.05, 3.63) is 33.4 Å². The number of halogens is 2. The van der Waals surface area contributed by atoms with Crippen molar-refractivity contribution < 1.29 is 9.90 Å². The van der Waals surface area contributed by atoms with E-state index < -0.39 is 5.97 Å². The molecular formula is C20H19Cl2N7O2S2. The van der Waals surface area contributed by atoms with Gasteiger partial charge in [0, 0.05) is 12.6 Å². The number of aliphatic carboxylic acids is 1. The molecule has 13 heteroatoms. The maximum atomic E-state index is 10.7. The highest BCUT2D eigenvalue weighted by Gasteiger charge is 2.20. The number of aryl methyl sites for hydroxylation is 1. The fourth-order valence-electron chi connectivity index (χ4n) is 3.02. The van der Waals surface area contributed by atoms with Crippen LogP contribution in [-0.4, -0.2) is 46.2 Å². The monoisotopic (exact) mass is 523 g/mol. The first kappa shape index (κ1) is 23.8. The number of rotatable bonds is 9. The SMILES string of the molecule is CC(C)n1nnnc1Sc1nc2cc(Cl)c(Cl)cc2nc1-c1cnc(CCCCC(=O)O)s1. The van der Waals surface area contributed by atoms with Crippen LogP contribution in [0.15, 0.2) is 28.5 Å². The lowest BCUT2D eigenvalue weighted by molar-refractivity contribution is -0.137. The highest BCUT2D eigenvalue weighted by Crippen LogP contribution is 2.38. The van der Waals surface area contributed by atoms with E-state index in [0.717, 1.165) is 16.3 Å². The summed E-state index contributed by atoms with van der Waals surface area (Å²) in [6.07, 6.45) is 3.98. The van der Waals surface area contributed by atoms with E-state index >= 15 is 0 Å². The Hall–Kier alpha value is -2.34. The average molecular weight is 524 g/mol. The van der Waals surface area contributed by atoms with Gasteiger partial charge in [-0.3, -0.25) is 4.79 Å². The van der Waals surface area contributed by atoms with Gasteiger partial charge in [-0.25, -0.2) is 19.6 Å². The summed E-state index contributed by atoms with van der Waals surface area (Å²) in [4.78, 5) is 25.7. The van der Waals surface area contributed by atoms with Gasteiger partial charge in [0.05, 0.1) is 37.0 Å². The number of hydrogen-bond acceptors (Lipinski definition) is 9. The molecule has 0 radical (unpaired) electrons. The molecule has 0 saturated heterocycles. The Balaban J connectivity index is 1.71. The van der Waals surface area contributed by atoms with E-state index in [0.29, 0.717) is 49.8 Å². The minimum atomic E-state index is -0.787. The van der Waals surface area contributed by atoms with Crippen LogP contribution in [-0.2, 0) is 11.2 Å². The van der Waals surface area contributed by atoms with E-state index in [9.17, 15) is 4.79 Å². The van der Waals surface area contributed by atoms with Gasteiger partial charge in [-0.15, -0.1) is 16.4 Å². The van der Waals surface area contributed by atoms with Crippen molar-refractivity contribution >= 4 is 63.3 Å². The molecule has 0 spiro atoms. The zero-order valence-corrected chi connectivity index (χ0v) is 20.8. The lowest BCUT2D eigenvalue weighted by Crippen LogP contribution is -2.05. The highest BCUT2D eigenvalue weighted by molar-refractivity contribution is 7.99. The third kappa shape index (κ3) is 5.60. The van der Waals surface area contributed by atoms with Crippen LogP contribution >= 0.6 is 46.3 Å². The fraction of sp³-hybridized carbons (Fsp3) is 0.350. The van der Waals surface area contributed by atoms with E-state index in [2.05, 4.69) is 20.5 Å². The van der Waals surface area contributed by atoms with Crippen LogP contribution in [0.25, 0.3) is 21.6 Å². The number of fused-ring (bicyclic) bond motifs is 1. The molecule has 9 nitrogen and oxygen atoms in total. The fourth-order valence-corrected chi connectivity index (χ4v) is 5.34. The molecule has 172 valence electrons. The number of carboxylic acids is 1. The average Bonchev–Trinajstić information content (AvgIpc) is 3.41. The van der Waals surface area contributed by atoms with E-state index in [1.165, 1.54) is 23.1 Å². The lowest BCUT2D eigenvalue weighted by atomic mass is 10.2. The number of thiazole rings is 1. The minimum Gasteiger partial charge on any atom is -0.481 e. The second-order valence-electron chi connectivity index (χ2n) is 7.45. The first-order valence-corrected chi connectivity index (χ1v) is 12.5. The topological polar surface area (TPSA) is 120 Å². The van der Waals surface area contributed by atoms with Gasteiger partial charge in [0.15, 0.2) is 0 Å². The molecule has 1 N–H and O–H groups in total. The number of unbranched alkanes of at least 4 members (excludes halogenated alkanes) is 1. The number of carbonyl (C=O) groups is 1. The van der Waals surface area contributed by atoms with Crippen LogP contribution in [0.1, 0.15) is 44.2 Å². The second-order valence-corrected chi connectivity index (χ2v) is 10.3. The number of benzene rings is 1. The number of hydrogen-bond donors (Lipinski definition) is 1. The Labute approximate surface area is 207 Å². The molecule has 3 aromatic heterocycles. The molecule has 4 aromatic rings. The molecule has 0 aliphatic rings. The van der Waals surface area contributed by atoms with Gasteiger partial charge < -0.3 is 5.11 Å². The van der Waals surface area contributed by atoms with Crippen LogP contribution in [0.3, 0.4) is 0 Å². The smallest absolute Gasteiger partial charge is 0.303 e. The van der Waals surface area contributed by atoms with Gasteiger partial charge in [0.2, 0.25) is 5.16 Å². The largest absolute Gasteiger partial charge is 0.481 e. The lowest BCUT2D eigenvalue weighted by Gasteiger charge is -2.10. The molecule has 0 amide bonds. The first-order chi connectivity index (χ1) is 15.8. The van der Waals surface area contributed by atoms with Gasteiger partial charge in [-0.05, 0) is 67.4 Å². The van der Waals surface area contributed by atoms with Gasteiger partial charge in [-0.2, -0.15) is 0 Å². The second kappa shape index (κ2) is 10.3. The third-order valence-corrected chi connectivity index (χ3v) is 7.35. The van der Waals surface area contributed by atoms with Crippen molar-refractivity contribution in [1.82, 2.24) is 35.2 Å². The predicted octanol–water partition coefficient (Wildman–Crippen LogP) is 5.58. The van der Waals surface area contributed by atoms with Crippen molar-refractivity contribution in [3.63, 3.8) is 0 Å². The highest BCUT2D eigenvalue weighted by atomic mass is 35.5. The zero-order valence-electron chi connectivity index (χ0n) is 17.7. The molecule has 0 fully saturated rings. The number of aromatic nitrogens is 7. The van der Waals surface area contributed by atoms with Crippen LogP contribution in [0.4, 0.5) is 0 Å². The van der Waals surface area contributed by atoms with Gasteiger partial charge >= 0.3 is 5.97 Å². The molecule has 0 saturated carbocycles. The minimum absolute atomic E-state index is 0.0772. The Morgan fingerprint density at radius 2 is 1.91 bits per heavy atom. The number of carboxylic acid groups (broad SMARTS) is 1. The van der Waals surface area contributed by atoms with E-state index in [-0.39, 0.29) is 12.5 Å². The molecule has 0 aliphatic carbocycles. The Kier molecular flexibility index (Phi) is 7.42. The standard InChI is InChI=1S/C20H19Cl2N7O2S2/c1-10(2)29-20(26-27-28-29)33-19-18(24-13-7-11(21)12(22)8-14(13)25-19)15-9-23-16(32-15)5-3-4-6-17(30)31/h7-10H,3-6H2,1-2H3,(H,30,31). The van der Waals surface area contributed by atoms with Gasteiger partial charge in [0.1, 0.15) is 10.7 Å². The summed E-state index contributed by atoms with van der Waals surface area (Å²) in [6.45, 7) is 3.99. The van der Waals surface area contributed by atoms with E-state index in [1.807, 2.05) is 13.8 Å². The van der Waals surface area contributed by atoms with E-state index in [1.54, 1.807) is 23.0 Å². The Bertz CT molecular complexity index is 1310. The number of tetrazole rings is 1. The van der Waals surface area contributed by atoms with E-state index in [4.69, 9.17) is 38.3 Å². The maximum Gasteiger partial charge on any atom is 0.303 e. The van der Waals surface area contributed by atoms with Crippen LogP contribution in [0, 0.1) is 0 Å². The summed E-state index contributed by atoms with van der Waals surface area (Å²) in [5, 5.41) is 23.7. The van der Waals surface area contributed by atoms with Crippen molar-refractivity contribution in [1.29, 1.82) is 0 Å². The molecule has 0 unspecified atom stereocenters. The summed E-state index contributed by atoms with van der Waals surface area (Å²) in [5.41, 5.74) is 1.87. The third-order valence-electron chi connectivity index (χ3n) is 4.63. The summed E-state index contributed by atoms with van der Waals surface area (Å²) < 4.78 is 1.72. The molecule has 0 aliphatic heterocycles. The molecule has 1 aromatic carbocycles. The van der Waals surface area contributed by atoms with Crippen molar-refractivity contribution in [2.75, 3.05) is 0 Å². The summed E-state index contributed by atoms with van der Waals surface area (Å²) in [5.74, 6) is -0.787. The van der Waals surface area contributed by atoms with Crippen molar-refractivity contribution in [3.8, 4) is 10.6 Å². The molecule has 33 heavy (non-hydrogen) atoms. The molecule has 0 atom stereocenters. The molecule has 4 rings (SSSR count). The normalized spacial score (nSPS) is 11.5. The molecular weight excluding hydrogens is 505 g/mol. The van der Waals surface area contributed by atoms with Crippen molar-refractivity contribution in [2.24, 2.45) is 0 Å². The van der Waals surface area contributed by atoms with Crippen LogP contribution in [0.2, 0.25) is 10.0 Å². The Morgan fingerprint density at radius 1 is 1.18 bits per heavy atom. The maximum absolute atomic E-state index is 10.7. The Morgan fingerprint density at radius 3 is 2.61 bits per heavy atom. The quantitative estimate of drug-likeness (QED) is 0.280. The first-order valence-electron chi connectivity index (χ1n) is 10.1. The van der Waals surface area contributed by atoms with Gasteiger partial charge in [0.25, 0.3) is 0 Å². The summed E-state index contributed by atoms with van der Waals surface area (Å²) in [6, 6.07) is 3.45. The number of nitrogens with zero attached hydrogens (tertiary/aromatic N) is 7. The van der Waals surface area contributed by atoms with Crippen LogP contribution in [0.5, 0.6) is 0 Å². The van der Waals surface area contributed by atoms with Gasteiger partial charge in [-0.1, -0.05) is 23.2 Å².